The average Bonchev–Trinajstić information content (AvgIpc) is 3.09. The van der Waals surface area contributed by atoms with Gasteiger partial charge < -0.3 is 14.8 Å². The molecule has 1 aromatic carbocycles. The summed E-state index contributed by atoms with van der Waals surface area (Å²) in [6.45, 7) is 5.16. The van der Waals surface area contributed by atoms with Crippen molar-refractivity contribution in [1.29, 1.82) is 0 Å². The molecule has 0 unspecified atom stereocenters. The van der Waals surface area contributed by atoms with Crippen LogP contribution in [0.3, 0.4) is 0 Å². The highest BCUT2D eigenvalue weighted by molar-refractivity contribution is 7.99. The molecule has 0 saturated carbocycles. The summed E-state index contributed by atoms with van der Waals surface area (Å²) in [7, 11) is 0. The summed E-state index contributed by atoms with van der Waals surface area (Å²) in [5, 5.41) is 2.73. The maximum Gasteiger partial charge on any atom is 0.339 e. The lowest BCUT2D eigenvalue weighted by molar-refractivity contribution is -0.124. The van der Waals surface area contributed by atoms with Gasteiger partial charge in [0.2, 0.25) is 0 Å². The number of carbonyl (C=O) groups excluding carboxylic acids is 2. The number of hydrogen-bond donors (Lipinski definition) is 1. The van der Waals surface area contributed by atoms with Crippen molar-refractivity contribution in [3.05, 3.63) is 29.8 Å². The number of nitrogens with one attached hydrogen (secondary N) is 1. The molecular formula is C18H25NO4S. The fraction of sp³-hybridized carbons (Fsp3) is 0.556. The van der Waals surface area contributed by atoms with E-state index in [9.17, 15) is 9.59 Å². The minimum atomic E-state index is -0.467. The zero-order valence-corrected chi connectivity index (χ0v) is 15.1. The van der Waals surface area contributed by atoms with E-state index < -0.39 is 5.97 Å². The second-order valence-electron chi connectivity index (χ2n) is 6.22. The van der Waals surface area contributed by atoms with E-state index in [4.69, 9.17) is 9.47 Å². The van der Waals surface area contributed by atoms with Gasteiger partial charge in [-0.3, -0.25) is 4.79 Å². The topological polar surface area (TPSA) is 64.6 Å². The molecule has 1 heterocycles. The Morgan fingerprint density at radius 3 is 2.88 bits per heavy atom. The van der Waals surface area contributed by atoms with Crippen LogP contribution in [0.15, 0.2) is 29.2 Å². The normalized spacial score (nSPS) is 17.0. The van der Waals surface area contributed by atoms with Crippen LogP contribution in [0.5, 0.6) is 0 Å². The Balaban J connectivity index is 1.85. The van der Waals surface area contributed by atoms with Gasteiger partial charge in [-0.15, -0.1) is 11.8 Å². The lowest BCUT2D eigenvalue weighted by Crippen LogP contribution is -2.31. The molecule has 1 atom stereocenters. The third-order valence-electron chi connectivity index (χ3n) is 3.60. The van der Waals surface area contributed by atoms with Crippen molar-refractivity contribution in [1.82, 2.24) is 5.32 Å². The Bertz CT molecular complexity index is 556. The first-order chi connectivity index (χ1) is 11.6. The predicted molar refractivity (Wildman–Crippen MR) is 94.3 cm³/mol. The van der Waals surface area contributed by atoms with Gasteiger partial charge in [0.1, 0.15) is 0 Å². The number of thioether (sulfide) groups is 1. The van der Waals surface area contributed by atoms with Crippen LogP contribution in [0.2, 0.25) is 0 Å². The van der Waals surface area contributed by atoms with E-state index in [1.165, 1.54) is 0 Å². The molecule has 1 N–H and O–H groups in total. The first-order valence-electron chi connectivity index (χ1n) is 8.33. The summed E-state index contributed by atoms with van der Waals surface area (Å²) < 4.78 is 10.7. The largest absolute Gasteiger partial charge is 0.452 e. The van der Waals surface area contributed by atoms with Gasteiger partial charge in [0.25, 0.3) is 5.91 Å². The first-order valence-corrected chi connectivity index (χ1v) is 9.32. The Kier molecular flexibility index (Phi) is 7.59. The van der Waals surface area contributed by atoms with E-state index in [0.717, 1.165) is 30.1 Å². The van der Waals surface area contributed by atoms with Crippen LogP contribution in [0.4, 0.5) is 0 Å². The Morgan fingerprint density at radius 2 is 2.17 bits per heavy atom. The molecule has 0 radical (unpaired) electrons. The highest BCUT2D eigenvalue weighted by Crippen LogP contribution is 2.27. The highest BCUT2D eigenvalue weighted by atomic mass is 32.2. The van der Waals surface area contributed by atoms with E-state index in [1.54, 1.807) is 23.9 Å². The quantitative estimate of drug-likeness (QED) is 0.576. The summed E-state index contributed by atoms with van der Waals surface area (Å²) >= 11 is 1.59. The standard InChI is InChI=1S/C18H25NO4S/c1-13(2)10-19-17(20)11-23-18(21)15-7-3-4-8-16(15)24-12-14-6-5-9-22-14/h3-4,7-8,13-14H,5-6,9-12H2,1-2H3,(H,19,20)/t14-/m0/s1. The van der Waals surface area contributed by atoms with Crippen LogP contribution in [-0.2, 0) is 14.3 Å². The van der Waals surface area contributed by atoms with Crippen LogP contribution in [0.25, 0.3) is 0 Å². The summed E-state index contributed by atoms with van der Waals surface area (Å²) in [4.78, 5) is 24.8. The van der Waals surface area contributed by atoms with Gasteiger partial charge in [0, 0.05) is 23.8 Å². The fourth-order valence-electron chi connectivity index (χ4n) is 2.30. The average molecular weight is 351 g/mol. The van der Waals surface area contributed by atoms with E-state index in [2.05, 4.69) is 5.32 Å². The van der Waals surface area contributed by atoms with E-state index >= 15 is 0 Å². The van der Waals surface area contributed by atoms with Gasteiger partial charge >= 0.3 is 5.97 Å². The van der Waals surface area contributed by atoms with Gasteiger partial charge in [-0.1, -0.05) is 26.0 Å². The molecule has 0 bridgehead atoms. The van der Waals surface area contributed by atoms with Crippen molar-refractivity contribution in [2.75, 3.05) is 25.5 Å². The van der Waals surface area contributed by atoms with Crippen LogP contribution in [-0.4, -0.2) is 43.5 Å². The molecule has 24 heavy (non-hydrogen) atoms. The van der Waals surface area contributed by atoms with Crippen LogP contribution in [0, 0.1) is 5.92 Å². The fourth-order valence-corrected chi connectivity index (χ4v) is 3.41. The zero-order chi connectivity index (χ0) is 17.4. The first kappa shape index (κ1) is 18.8. The monoisotopic (exact) mass is 351 g/mol. The molecule has 1 amide bonds. The van der Waals surface area contributed by atoms with Crippen molar-refractivity contribution in [3.63, 3.8) is 0 Å². The Morgan fingerprint density at radius 1 is 1.38 bits per heavy atom. The van der Waals surface area contributed by atoms with Gasteiger partial charge in [-0.25, -0.2) is 4.79 Å². The summed E-state index contributed by atoms with van der Waals surface area (Å²) in [5.74, 6) is 0.436. The molecule has 2 rings (SSSR count). The van der Waals surface area contributed by atoms with Crippen molar-refractivity contribution in [2.24, 2.45) is 5.92 Å². The van der Waals surface area contributed by atoms with E-state index in [-0.39, 0.29) is 18.6 Å². The van der Waals surface area contributed by atoms with Crippen LogP contribution < -0.4 is 5.32 Å². The van der Waals surface area contributed by atoms with Crippen molar-refractivity contribution in [3.8, 4) is 0 Å². The van der Waals surface area contributed by atoms with E-state index in [1.807, 2.05) is 26.0 Å². The van der Waals surface area contributed by atoms with E-state index in [0.29, 0.717) is 18.0 Å². The molecule has 1 aromatic rings. The lowest BCUT2D eigenvalue weighted by atomic mass is 10.2. The van der Waals surface area contributed by atoms with Gasteiger partial charge in [0.15, 0.2) is 6.61 Å². The molecule has 0 spiro atoms. The molecule has 6 heteroatoms. The Labute approximate surface area is 147 Å². The molecule has 1 fully saturated rings. The SMILES string of the molecule is CC(C)CNC(=O)COC(=O)c1ccccc1SC[C@@H]1CCCO1. The van der Waals surface area contributed by atoms with Gasteiger partial charge in [0.05, 0.1) is 11.7 Å². The maximum atomic E-state index is 12.3. The number of esters is 1. The number of rotatable bonds is 8. The van der Waals surface area contributed by atoms with Crippen molar-refractivity contribution < 1.29 is 19.1 Å². The second-order valence-corrected chi connectivity index (χ2v) is 7.28. The Hall–Kier alpha value is -1.53. The number of ether oxygens (including phenoxy) is 2. The molecule has 5 nitrogen and oxygen atoms in total. The third kappa shape index (κ3) is 6.17. The summed E-state index contributed by atoms with van der Waals surface area (Å²) in [6, 6.07) is 7.32. The molecular weight excluding hydrogens is 326 g/mol. The molecule has 132 valence electrons. The third-order valence-corrected chi connectivity index (χ3v) is 4.80. The smallest absolute Gasteiger partial charge is 0.339 e. The molecule has 1 aliphatic heterocycles. The summed E-state index contributed by atoms with van der Waals surface area (Å²) in [5.41, 5.74) is 0.497. The number of amides is 1. The number of hydrogen-bond acceptors (Lipinski definition) is 5. The number of benzene rings is 1. The maximum absolute atomic E-state index is 12.3. The predicted octanol–water partition coefficient (Wildman–Crippen LogP) is 2.89. The minimum Gasteiger partial charge on any atom is -0.452 e. The molecule has 1 saturated heterocycles. The minimum absolute atomic E-state index is 0.251. The van der Waals surface area contributed by atoms with Crippen LogP contribution >= 0.6 is 11.8 Å². The highest BCUT2D eigenvalue weighted by Gasteiger charge is 2.19. The molecule has 0 aromatic heterocycles. The van der Waals surface area contributed by atoms with Crippen molar-refractivity contribution in [2.45, 2.75) is 37.7 Å². The molecule has 1 aliphatic rings. The summed E-state index contributed by atoms with van der Waals surface area (Å²) in [6.07, 6.45) is 2.41. The van der Waals surface area contributed by atoms with Crippen LogP contribution in [0.1, 0.15) is 37.0 Å². The number of carbonyl (C=O) groups is 2. The lowest BCUT2D eigenvalue weighted by Gasteiger charge is -2.12. The van der Waals surface area contributed by atoms with Gasteiger partial charge in [-0.05, 0) is 30.9 Å². The zero-order valence-electron chi connectivity index (χ0n) is 14.2. The molecule has 0 aliphatic carbocycles. The van der Waals surface area contributed by atoms with Crippen molar-refractivity contribution >= 4 is 23.6 Å². The second kappa shape index (κ2) is 9.69. The van der Waals surface area contributed by atoms with Gasteiger partial charge in [-0.2, -0.15) is 0 Å².